The summed E-state index contributed by atoms with van der Waals surface area (Å²) in [5.41, 5.74) is 5.69. The van der Waals surface area contributed by atoms with Crippen LogP contribution in [0, 0.1) is 5.41 Å². The summed E-state index contributed by atoms with van der Waals surface area (Å²) in [6.45, 7) is 1.41. The Balaban J connectivity index is 1.83. The van der Waals surface area contributed by atoms with Crippen molar-refractivity contribution < 1.29 is 9.53 Å². The second-order valence-corrected chi connectivity index (χ2v) is 5.64. The molecular weight excluding hydrogens is 214 g/mol. The SMILES string of the molecule is NCC1(C(=O)CCC2CCCO2)CCCCC1. The van der Waals surface area contributed by atoms with Crippen LogP contribution in [0.25, 0.3) is 0 Å². The van der Waals surface area contributed by atoms with Crippen LogP contribution in [0.1, 0.15) is 57.8 Å². The number of ether oxygens (including phenoxy) is 1. The van der Waals surface area contributed by atoms with Gasteiger partial charge in [-0.05, 0) is 32.1 Å². The summed E-state index contributed by atoms with van der Waals surface area (Å²) >= 11 is 0. The number of rotatable bonds is 5. The average Bonchev–Trinajstić information content (AvgIpc) is 2.90. The Bertz CT molecular complexity index is 253. The third-order valence-corrected chi connectivity index (χ3v) is 4.51. The molecule has 1 aliphatic heterocycles. The van der Waals surface area contributed by atoms with E-state index < -0.39 is 0 Å². The molecule has 0 amide bonds. The van der Waals surface area contributed by atoms with Crippen LogP contribution in [-0.4, -0.2) is 25.0 Å². The van der Waals surface area contributed by atoms with Crippen LogP contribution in [-0.2, 0) is 9.53 Å². The standard InChI is InChI=1S/C14H25NO2/c15-11-14(8-2-1-3-9-14)13(16)7-6-12-5-4-10-17-12/h12H,1-11,15H2. The van der Waals surface area contributed by atoms with E-state index in [1.165, 1.54) is 19.3 Å². The summed E-state index contributed by atoms with van der Waals surface area (Å²) in [4.78, 5) is 12.4. The quantitative estimate of drug-likeness (QED) is 0.801. The zero-order chi connectivity index (χ0) is 12.1. The van der Waals surface area contributed by atoms with Crippen LogP contribution in [0.15, 0.2) is 0 Å². The number of hydrogen-bond donors (Lipinski definition) is 1. The molecule has 98 valence electrons. The predicted octanol–water partition coefficient (Wildman–Crippen LogP) is 2.42. The Labute approximate surface area is 104 Å². The highest BCUT2D eigenvalue weighted by Crippen LogP contribution is 2.37. The molecule has 1 saturated heterocycles. The molecule has 0 spiro atoms. The second-order valence-electron chi connectivity index (χ2n) is 5.64. The third kappa shape index (κ3) is 3.08. The summed E-state index contributed by atoms with van der Waals surface area (Å²) in [6, 6.07) is 0. The molecule has 1 unspecified atom stereocenters. The minimum Gasteiger partial charge on any atom is -0.378 e. The highest BCUT2D eigenvalue weighted by Gasteiger charge is 2.37. The highest BCUT2D eigenvalue weighted by atomic mass is 16.5. The van der Waals surface area contributed by atoms with Crippen molar-refractivity contribution in [2.45, 2.75) is 63.9 Å². The summed E-state index contributed by atoms with van der Waals surface area (Å²) in [6.07, 6.45) is 9.80. The summed E-state index contributed by atoms with van der Waals surface area (Å²) < 4.78 is 5.57. The van der Waals surface area contributed by atoms with Gasteiger partial charge in [0.1, 0.15) is 5.78 Å². The first-order valence-electron chi connectivity index (χ1n) is 7.12. The molecule has 1 heterocycles. The normalized spacial score (nSPS) is 28.2. The Hall–Kier alpha value is -0.410. The van der Waals surface area contributed by atoms with Crippen LogP contribution >= 0.6 is 0 Å². The molecule has 1 saturated carbocycles. The van der Waals surface area contributed by atoms with Crippen LogP contribution < -0.4 is 5.73 Å². The monoisotopic (exact) mass is 239 g/mol. The Morgan fingerprint density at radius 3 is 2.59 bits per heavy atom. The van der Waals surface area contributed by atoms with Gasteiger partial charge in [-0.1, -0.05) is 19.3 Å². The van der Waals surface area contributed by atoms with Crippen molar-refractivity contribution >= 4 is 5.78 Å². The lowest BCUT2D eigenvalue weighted by molar-refractivity contribution is -0.130. The van der Waals surface area contributed by atoms with Crippen molar-refractivity contribution in [2.75, 3.05) is 13.2 Å². The van der Waals surface area contributed by atoms with Gasteiger partial charge in [-0.15, -0.1) is 0 Å². The van der Waals surface area contributed by atoms with Gasteiger partial charge in [0.25, 0.3) is 0 Å². The van der Waals surface area contributed by atoms with E-state index in [0.717, 1.165) is 38.7 Å². The fraction of sp³-hybridized carbons (Fsp3) is 0.929. The molecule has 0 aromatic heterocycles. The fourth-order valence-electron chi connectivity index (χ4n) is 3.25. The lowest BCUT2D eigenvalue weighted by Gasteiger charge is -2.35. The molecule has 1 aliphatic carbocycles. The number of hydrogen-bond acceptors (Lipinski definition) is 3. The minimum atomic E-state index is -0.184. The second kappa shape index (κ2) is 5.96. The van der Waals surface area contributed by atoms with E-state index in [1.54, 1.807) is 0 Å². The first-order chi connectivity index (χ1) is 8.27. The summed E-state index contributed by atoms with van der Waals surface area (Å²) in [7, 11) is 0. The zero-order valence-electron chi connectivity index (χ0n) is 10.7. The number of Topliss-reactive ketones (excluding diaryl/α,β-unsaturated/α-hetero) is 1. The predicted molar refractivity (Wildman–Crippen MR) is 67.8 cm³/mol. The molecule has 2 rings (SSSR count). The van der Waals surface area contributed by atoms with E-state index in [4.69, 9.17) is 10.5 Å². The zero-order valence-corrected chi connectivity index (χ0v) is 10.7. The maximum absolute atomic E-state index is 12.4. The number of ketones is 1. The third-order valence-electron chi connectivity index (χ3n) is 4.51. The van der Waals surface area contributed by atoms with Crippen molar-refractivity contribution in [3.05, 3.63) is 0 Å². The van der Waals surface area contributed by atoms with Crippen molar-refractivity contribution in [3.63, 3.8) is 0 Å². The molecule has 0 radical (unpaired) electrons. The van der Waals surface area contributed by atoms with Crippen molar-refractivity contribution in [1.29, 1.82) is 0 Å². The van der Waals surface area contributed by atoms with Crippen LogP contribution in [0.4, 0.5) is 0 Å². The Kier molecular flexibility index (Phi) is 4.57. The smallest absolute Gasteiger partial charge is 0.140 e. The first-order valence-corrected chi connectivity index (χ1v) is 7.12. The topological polar surface area (TPSA) is 52.3 Å². The summed E-state index contributed by atoms with van der Waals surface area (Å²) in [5, 5.41) is 0. The fourth-order valence-corrected chi connectivity index (χ4v) is 3.25. The molecule has 2 aliphatic rings. The molecule has 0 aromatic rings. The number of carbonyl (C=O) groups is 1. The van der Waals surface area contributed by atoms with Gasteiger partial charge in [-0.2, -0.15) is 0 Å². The number of carbonyl (C=O) groups excluding carboxylic acids is 1. The van der Waals surface area contributed by atoms with Crippen LogP contribution in [0.5, 0.6) is 0 Å². The van der Waals surface area contributed by atoms with Crippen LogP contribution in [0.2, 0.25) is 0 Å². The van der Waals surface area contributed by atoms with Gasteiger partial charge in [0.15, 0.2) is 0 Å². The maximum atomic E-state index is 12.4. The lowest BCUT2D eigenvalue weighted by atomic mass is 9.70. The molecule has 2 fully saturated rings. The molecule has 3 nitrogen and oxygen atoms in total. The van der Waals surface area contributed by atoms with Gasteiger partial charge in [-0.25, -0.2) is 0 Å². The Morgan fingerprint density at radius 2 is 2.00 bits per heavy atom. The first kappa shape index (κ1) is 13.0. The van der Waals surface area contributed by atoms with E-state index in [-0.39, 0.29) is 5.41 Å². The van der Waals surface area contributed by atoms with Crippen molar-refractivity contribution in [1.82, 2.24) is 0 Å². The molecule has 2 N–H and O–H groups in total. The molecule has 0 bridgehead atoms. The summed E-state index contributed by atoms with van der Waals surface area (Å²) in [5.74, 6) is 0.398. The molecule has 0 aromatic carbocycles. The largest absolute Gasteiger partial charge is 0.378 e. The van der Waals surface area contributed by atoms with E-state index in [0.29, 0.717) is 24.9 Å². The van der Waals surface area contributed by atoms with Crippen LogP contribution in [0.3, 0.4) is 0 Å². The van der Waals surface area contributed by atoms with Gasteiger partial charge in [0, 0.05) is 25.0 Å². The molecular formula is C14H25NO2. The van der Waals surface area contributed by atoms with Crippen molar-refractivity contribution in [3.8, 4) is 0 Å². The average molecular weight is 239 g/mol. The van der Waals surface area contributed by atoms with Gasteiger partial charge >= 0.3 is 0 Å². The van der Waals surface area contributed by atoms with Gasteiger partial charge in [0.05, 0.1) is 6.10 Å². The highest BCUT2D eigenvalue weighted by molar-refractivity contribution is 5.85. The maximum Gasteiger partial charge on any atom is 0.140 e. The van der Waals surface area contributed by atoms with Gasteiger partial charge in [0.2, 0.25) is 0 Å². The van der Waals surface area contributed by atoms with E-state index in [1.807, 2.05) is 0 Å². The van der Waals surface area contributed by atoms with E-state index >= 15 is 0 Å². The lowest BCUT2D eigenvalue weighted by Crippen LogP contribution is -2.40. The molecule has 1 atom stereocenters. The molecule has 17 heavy (non-hydrogen) atoms. The Morgan fingerprint density at radius 1 is 1.24 bits per heavy atom. The van der Waals surface area contributed by atoms with Crippen molar-refractivity contribution in [2.24, 2.45) is 11.1 Å². The van der Waals surface area contributed by atoms with E-state index in [2.05, 4.69) is 0 Å². The van der Waals surface area contributed by atoms with Gasteiger partial charge in [-0.3, -0.25) is 4.79 Å². The minimum absolute atomic E-state index is 0.184. The molecule has 3 heteroatoms. The van der Waals surface area contributed by atoms with E-state index in [9.17, 15) is 4.79 Å². The number of nitrogens with two attached hydrogens (primary N) is 1. The van der Waals surface area contributed by atoms with Gasteiger partial charge < -0.3 is 10.5 Å².